The monoisotopic (exact) mass is 1030 g/mol. The van der Waals surface area contributed by atoms with Gasteiger partial charge in [-0.15, -0.1) is 0 Å². The zero-order chi connectivity index (χ0) is 55.7. The van der Waals surface area contributed by atoms with Gasteiger partial charge in [-0.2, -0.15) is 0 Å². The molecule has 4 amide bonds. The van der Waals surface area contributed by atoms with E-state index in [-0.39, 0.29) is 72.6 Å². The summed E-state index contributed by atoms with van der Waals surface area (Å²) in [5.41, 5.74) is 2.62. The molecule has 0 saturated carbocycles. The van der Waals surface area contributed by atoms with Crippen LogP contribution in [0, 0.1) is 25.7 Å². The van der Waals surface area contributed by atoms with Crippen LogP contribution in [0.3, 0.4) is 0 Å². The number of nitrogens with zero attached hydrogens (tertiary/aromatic N) is 3. The summed E-state index contributed by atoms with van der Waals surface area (Å²) in [6.07, 6.45) is -2.24. The topological polar surface area (TPSA) is 242 Å². The Bertz CT molecular complexity index is 2750. The number of carbonyl (C=O) groups is 7. The van der Waals surface area contributed by atoms with E-state index in [1.54, 1.807) is 85.7 Å². The zero-order valence-corrected chi connectivity index (χ0v) is 45.8. The van der Waals surface area contributed by atoms with Crippen molar-refractivity contribution in [3.8, 4) is 34.0 Å². The molecule has 3 aromatic carbocycles. The van der Waals surface area contributed by atoms with Crippen molar-refractivity contribution >= 4 is 41.5 Å². The quantitative estimate of drug-likeness (QED) is 0.0401. The molecule has 5 rings (SSSR count). The van der Waals surface area contributed by atoms with Gasteiger partial charge in [0, 0.05) is 61.4 Å². The number of hydrogen-bond donors (Lipinski definition) is 4. The molecule has 4 atom stereocenters. The number of aromatic hydroxyl groups is 1. The van der Waals surface area contributed by atoms with Crippen LogP contribution in [0.5, 0.6) is 11.5 Å². The molecule has 1 aliphatic heterocycles. The van der Waals surface area contributed by atoms with Crippen LogP contribution in [0.1, 0.15) is 133 Å². The molecule has 4 N–H and O–H groups in total. The smallest absolute Gasteiger partial charge is 0.407 e. The van der Waals surface area contributed by atoms with E-state index < -0.39 is 83.1 Å². The summed E-state index contributed by atoms with van der Waals surface area (Å²) in [4.78, 5) is 108. The van der Waals surface area contributed by atoms with E-state index in [1.807, 2.05) is 24.3 Å². The van der Waals surface area contributed by atoms with Crippen molar-refractivity contribution < 1.29 is 57.6 Å². The average molecular weight is 1040 g/mol. The number of alkyl carbamates (subject to hydrolysis) is 2. The van der Waals surface area contributed by atoms with Gasteiger partial charge in [-0.1, -0.05) is 64.1 Å². The molecule has 0 spiro atoms. The molecule has 18 nitrogen and oxygen atoms in total. The van der Waals surface area contributed by atoms with Crippen LogP contribution in [-0.4, -0.2) is 113 Å². The van der Waals surface area contributed by atoms with Crippen molar-refractivity contribution in [3.05, 3.63) is 94.3 Å². The fraction of sp³-hybridized carbons (Fsp3) is 0.491. The van der Waals surface area contributed by atoms with Crippen LogP contribution in [0.2, 0.25) is 0 Å². The minimum Gasteiger partial charge on any atom is -0.507 e. The van der Waals surface area contributed by atoms with E-state index in [2.05, 4.69) is 36.7 Å². The predicted molar refractivity (Wildman–Crippen MR) is 282 cm³/mol. The van der Waals surface area contributed by atoms with Gasteiger partial charge in [-0.3, -0.25) is 19.2 Å². The lowest BCUT2D eigenvalue weighted by molar-refractivity contribution is -0.146. The minimum absolute atomic E-state index is 0.0303. The molecule has 0 radical (unpaired) electrons. The van der Waals surface area contributed by atoms with Gasteiger partial charge in [-0.05, 0) is 108 Å². The van der Waals surface area contributed by atoms with Crippen molar-refractivity contribution in [2.24, 2.45) is 11.8 Å². The number of phenolic OH excluding ortho intramolecular Hbond substituents is 1. The van der Waals surface area contributed by atoms with Crippen molar-refractivity contribution in [1.29, 1.82) is 0 Å². The second-order valence-corrected chi connectivity index (χ2v) is 22.1. The number of methoxy groups -OCH3 is 1. The van der Waals surface area contributed by atoms with E-state index in [0.717, 1.165) is 11.1 Å². The number of rotatable bonds is 14. The highest BCUT2D eigenvalue weighted by Crippen LogP contribution is 2.40. The van der Waals surface area contributed by atoms with Gasteiger partial charge in [0.05, 0.1) is 30.6 Å². The first-order chi connectivity index (χ1) is 35.0. The molecule has 0 saturated heterocycles. The van der Waals surface area contributed by atoms with E-state index >= 15 is 4.79 Å². The van der Waals surface area contributed by atoms with Gasteiger partial charge in [0.2, 0.25) is 11.8 Å². The molecule has 1 aromatic heterocycles. The molecule has 404 valence electrons. The lowest BCUT2D eigenvalue weighted by Crippen LogP contribution is -2.46. The Hall–Kier alpha value is -7.37. The third-order valence-electron chi connectivity index (χ3n) is 12.4. The van der Waals surface area contributed by atoms with E-state index in [9.17, 15) is 33.9 Å². The molecule has 4 aromatic rings. The van der Waals surface area contributed by atoms with E-state index in [1.165, 1.54) is 32.0 Å². The number of esters is 1. The van der Waals surface area contributed by atoms with Crippen LogP contribution in [0.4, 0.5) is 9.59 Å². The minimum atomic E-state index is -1.40. The highest BCUT2D eigenvalue weighted by atomic mass is 16.6. The van der Waals surface area contributed by atoms with Gasteiger partial charge < -0.3 is 44.9 Å². The summed E-state index contributed by atoms with van der Waals surface area (Å²) in [6, 6.07) is 14.7. The maximum absolute atomic E-state index is 15.2. The van der Waals surface area contributed by atoms with Crippen molar-refractivity contribution in [2.75, 3.05) is 33.9 Å². The van der Waals surface area contributed by atoms with Crippen LogP contribution in [0.25, 0.3) is 22.5 Å². The summed E-state index contributed by atoms with van der Waals surface area (Å²) in [5, 5.41) is 19.5. The number of fused-ring (bicyclic) bond motifs is 5. The third kappa shape index (κ3) is 16.1. The second-order valence-electron chi connectivity index (χ2n) is 22.1. The lowest BCUT2D eigenvalue weighted by Gasteiger charge is -2.32. The lowest BCUT2D eigenvalue weighted by atomic mass is 9.86. The average Bonchev–Trinajstić information content (AvgIpc) is 3.30. The second kappa shape index (κ2) is 24.3. The Balaban J connectivity index is 1.59. The van der Waals surface area contributed by atoms with Gasteiger partial charge in [-0.25, -0.2) is 24.4 Å². The molecule has 0 aliphatic carbocycles. The maximum Gasteiger partial charge on any atom is 0.407 e. The third-order valence-corrected chi connectivity index (χ3v) is 12.4. The summed E-state index contributed by atoms with van der Waals surface area (Å²) in [6.45, 7) is 21.5. The number of nitrogens with one attached hydrogen (secondary N) is 3. The van der Waals surface area contributed by atoms with Crippen LogP contribution in [-0.2, 0) is 45.2 Å². The normalized spacial score (nSPS) is 16.6. The number of hydrogen-bond acceptors (Lipinski definition) is 14. The number of ketones is 2. The zero-order valence-electron chi connectivity index (χ0n) is 45.8. The van der Waals surface area contributed by atoms with Crippen LogP contribution in [0.15, 0.2) is 60.7 Å². The molecule has 18 heteroatoms. The van der Waals surface area contributed by atoms with Crippen molar-refractivity contribution in [3.63, 3.8) is 0 Å². The summed E-state index contributed by atoms with van der Waals surface area (Å²) >= 11 is 0. The molecule has 2 heterocycles. The molecule has 0 fully saturated rings. The molecule has 0 unspecified atom stereocenters. The fourth-order valence-electron chi connectivity index (χ4n) is 8.71. The van der Waals surface area contributed by atoms with Gasteiger partial charge in [0.15, 0.2) is 17.4 Å². The first-order valence-corrected chi connectivity index (χ1v) is 25.2. The van der Waals surface area contributed by atoms with Crippen LogP contribution < -0.4 is 20.7 Å². The highest BCUT2D eigenvalue weighted by Gasteiger charge is 2.37. The van der Waals surface area contributed by atoms with E-state index in [0.29, 0.717) is 28.3 Å². The highest BCUT2D eigenvalue weighted by molar-refractivity contribution is 6.01. The van der Waals surface area contributed by atoms with E-state index in [4.69, 9.17) is 28.9 Å². The number of aryl methyl sites for hydroxylation is 2. The Labute approximate surface area is 440 Å². The fourth-order valence-corrected chi connectivity index (χ4v) is 8.71. The first-order valence-electron chi connectivity index (χ1n) is 25.2. The van der Waals surface area contributed by atoms with Gasteiger partial charge in [0.1, 0.15) is 41.4 Å². The van der Waals surface area contributed by atoms with Crippen molar-refractivity contribution in [2.45, 2.75) is 137 Å². The molecule has 4 bridgehead atoms. The maximum atomic E-state index is 15.2. The number of benzene rings is 3. The summed E-state index contributed by atoms with van der Waals surface area (Å²) in [5.74, 6) is -4.68. The summed E-state index contributed by atoms with van der Waals surface area (Å²) < 4.78 is 22.1. The Kier molecular flexibility index (Phi) is 19.0. The molecule has 75 heavy (non-hydrogen) atoms. The Morgan fingerprint density at radius 3 is 1.97 bits per heavy atom. The number of amides is 4. The Morgan fingerprint density at radius 2 is 1.40 bits per heavy atom. The standard InChI is InChI=1S/C57H74N6O12/c1-32-27-45(66)48(37-18-22-46(73-26-25-59-54(71)75-57(10,11)12)41(30-37)40-28-35(15-21-43(40)64)29-42(52(69)72-14)62-50(32)67)63(13)51(68)38(23-24-58-53(70)74-56(7,8)9)31-44(65)47-33(2)60-49(61-34(47)3)36-16-19-39(20-17-36)55(4,5)6/h15-22,28,30,32,38,42,48,64H,23-27,29,31H2,1-14H3,(H,58,70)(H,59,71)(H,62,67)/t32-,38-,42+,48+/m1/s1. The number of carbonyl (C=O) groups excluding carboxylic acids is 7. The molecular weight excluding hydrogens is 961 g/mol. The molecule has 1 aliphatic rings. The number of Topliss-reactive ketones (excluding diaryl/α,β-unsaturated/α-hetero) is 2. The number of phenols is 1. The van der Waals surface area contributed by atoms with Gasteiger partial charge in [0.25, 0.3) is 0 Å². The largest absolute Gasteiger partial charge is 0.507 e. The first kappa shape index (κ1) is 58.5. The number of likely N-dealkylation sites (N-methyl/N-ethyl adjacent to an activating group) is 1. The van der Waals surface area contributed by atoms with Gasteiger partial charge >= 0.3 is 18.2 Å². The summed E-state index contributed by atoms with van der Waals surface area (Å²) in [7, 11) is 2.61. The SMILES string of the molecule is COC(=O)[C@@H]1Cc2ccc(O)c(c2)-c2cc(ccc2OCCNC(=O)OC(C)(C)C)[C@H](N(C)C(=O)[C@H](CCNC(=O)OC(C)(C)C)CC(=O)c2c(C)nc(-c3ccc(C(C)(C)C)cc3)nc2C)C(=O)C[C@@H](C)C(=O)N1. The number of ether oxygens (including phenoxy) is 4. The molecular formula is C57H74N6O12. The van der Waals surface area contributed by atoms with Crippen molar-refractivity contribution in [1.82, 2.24) is 30.8 Å². The predicted octanol–water partition coefficient (Wildman–Crippen LogP) is 8.45. The van der Waals surface area contributed by atoms with Crippen LogP contribution >= 0.6 is 0 Å². The Morgan fingerprint density at radius 1 is 0.800 bits per heavy atom. The number of aromatic nitrogens is 2.